The number of nitrogens with zero attached hydrogens (tertiary/aromatic N) is 3. The summed E-state index contributed by atoms with van der Waals surface area (Å²) in [5, 5.41) is 10.2. The molecule has 0 amide bonds. The maximum absolute atomic E-state index is 11.5. The summed E-state index contributed by atoms with van der Waals surface area (Å²) < 4.78 is 26.4. The third-order valence-corrected chi connectivity index (χ3v) is 4.97. The molecule has 1 fully saturated rings. The quantitative estimate of drug-likeness (QED) is 0.876. The predicted octanol–water partition coefficient (Wildman–Crippen LogP) is 0.515. The molecule has 1 aromatic rings. The molecule has 0 aromatic carbocycles. The fraction of sp³-hybridized carbons (Fsp3) is 0.750. The first-order valence-electron chi connectivity index (χ1n) is 6.47. The molecule has 108 valence electrons. The molecule has 1 aliphatic heterocycles. The molecule has 6 nitrogen and oxygen atoms in total. The largest absolute Gasteiger partial charge is 0.387 e. The van der Waals surface area contributed by atoms with E-state index in [0.29, 0.717) is 19.5 Å². The first-order valence-corrected chi connectivity index (χ1v) is 8.32. The van der Waals surface area contributed by atoms with Gasteiger partial charge in [-0.25, -0.2) is 17.7 Å². The Labute approximate surface area is 114 Å². The van der Waals surface area contributed by atoms with Crippen molar-refractivity contribution >= 4 is 10.0 Å². The number of rotatable bonds is 4. The Hall–Kier alpha value is -0.920. The maximum atomic E-state index is 11.5. The van der Waals surface area contributed by atoms with Crippen molar-refractivity contribution in [2.75, 3.05) is 19.3 Å². The van der Waals surface area contributed by atoms with Crippen LogP contribution in [0.4, 0.5) is 0 Å². The lowest BCUT2D eigenvalue weighted by molar-refractivity contribution is 0.117. The topological polar surface area (TPSA) is 75.4 Å². The minimum atomic E-state index is -3.12. The number of aryl methyl sites for hydroxylation is 1. The molecule has 1 saturated heterocycles. The van der Waals surface area contributed by atoms with Crippen LogP contribution in [-0.4, -0.2) is 46.7 Å². The number of hydrogen-bond acceptors (Lipinski definition) is 4. The fourth-order valence-corrected chi connectivity index (χ4v) is 3.59. The Kier molecular flexibility index (Phi) is 4.27. The summed E-state index contributed by atoms with van der Waals surface area (Å²) in [5.41, 5.74) is 0.775. The molecule has 1 aromatic heterocycles. The summed E-state index contributed by atoms with van der Waals surface area (Å²) >= 11 is 0. The van der Waals surface area contributed by atoms with Crippen molar-refractivity contribution < 1.29 is 13.5 Å². The van der Waals surface area contributed by atoms with Crippen LogP contribution in [0.5, 0.6) is 0 Å². The number of imidazole rings is 1. The standard InChI is InChI=1S/C12H21N3O3S/c1-14-9-13-7-11(14)12(16)6-10-4-3-5-15(8-10)19(2,17)18/h7,9-10,12,16H,3-6,8H2,1-2H3. The van der Waals surface area contributed by atoms with Crippen LogP contribution in [0.3, 0.4) is 0 Å². The van der Waals surface area contributed by atoms with E-state index in [1.807, 2.05) is 7.05 Å². The molecule has 0 aliphatic carbocycles. The van der Waals surface area contributed by atoms with Crippen LogP contribution in [0.2, 0.25) is 0 Å². The van der Waals surface area contributed by atoms with Gasteiger partial charge in [-0.1, -0.05) is 0 Å². The molecular formula is C12H21N3O3S. The van der Waals surface area contributed by atoms with Gasteiger partial charge in [-0.3, -0.25) is 0 Å². The molecule has 0 saturated carbocycles. The van der Waals surface area contributed by atoms with E-state index in [0.717, 1.165) is 18.5 Å². The molecule has 2 atom stereocenters. The van der Waals surface area contributed by atoms with E-state index in [1.54, 1.807) is 17.1 Å². The summed E-state index contributed by atoms with van der Waals surface area (Å²) in [6.45, 7) is 1.10. The molecule has 1 N–H and O–H groups in total. The second kappa shape index (κ2) is 5.60. The van der Waals surface area contributed by atoms with Crippen LogP contribution in [0.15, 0.2) is 12.5 Å². The molecule has 7 heteroatoms. The molecule has 19 heavy (non-hydrogen) atoms. The minimum absolute atomic E-state index is 0.202. The van der Waals surface area contributed by atoms with E-state index in [4.69, 9.17) is 0 Å². The lowest BCUT2D eigenvalue weighted by atomic mass is 9.92. The van der Waals surface area contributed by atoms with Crippen LogP contribution in [-0.2, 0) is 17.1 Å². The molecule has 1 aliphatic rings. The van der Waals surface area contributed by atoms with Gasteiger partial charge in [-0.2, -0.15) is 0 Å². The van der Waals surface area contributed by atoms with Gasteiger partial charge in [0.1, 0.15) is 0 Å². The first kappa shape index (κ1) is 14.5. The Bertz CT molecular complexity index is 526. The molecule has 0 spiro atoms. The summed E-state index contributed by atoms with van der Waals surface area (Å²) in [7, 11) is -1.28. The van der Waals surface area contributed by atoms with Gasteiger partial charge in [0.25, 0.3) is 0 Å². The van der Waals surface area contributed by atoms with Crippen molar-refractivity contribution in [1.82, 2.24) is 13.9 Å². The van der Waals surface area contributed by atoms with E-state index in [9.17, 15) is 13.5 Å². The van der Waals surface area contributed by atoms with Gasteiger partial charge >= 0.3 is 0 Å². The molecule has 0 bridgehead atoms. The lowest BCUT2D eigenvalue weighted by Gasteiger charge is -2.32. The highest BCUT2D eigenvalue weighted by molar-refractivity contribution is 7.88. The number of hydrogen-bond donors (Lipinski definition) is 1. The van der Waals surface area contributed by atoms with E-state index >= 15 is 0 Å². The van der Waals surface area contributed by atoms with E-state index in [2.05, 4.69) is 4.98 Å². The van der Waals surface area contributed by atoms with E-state index in [-0.39, 0.29) is 5.92 Å². The van der Waals surface area contributed by atoms with E-state index in [1.165, 1.54) is 10.6 Å². The third-order valence-electron chi connectivity index (χ3n) is 3.70. The van der Waals surface area contributed by atoms with Gasteiger partial charge < -0.3 is 9.67 Å². The fourth-order valence-electron chi connectivity index (χ4n) is 2.65. The Morgan fingerprint density at radius 3 is 2.89 bits per heavy atom. The maximum Gasteiger partial charge on any atom is 0.211 e. The van der Waals surface area contributed by atoms with Gasteiger partial charge in [-0.05, 0) is 25.2 Å². The summed E-state index contributed by atoms with van der Waals surface area (Å²) in [5.74, 6) is 0.202. The van der Waals surface area contributed by atoms with Crippen LogP contribution in [0, 0.1) is 5.92 Å². The molecule has 0 radical (unpaired) electrons. The number of piperidine rings is 1. The highest BCUT2D eigenvalue weighted by atomic mass is 32.2. The third kappa shape index (κ3) is 3.55. The SMILES string of the molecule is Cn1cncc1C(O)CC1CCCN(S(C)(=O)=O)C1. The molecular weight excluding hydrogens is 266 g/mol. The highest BCUT2D eigenvalue weighted by Crippen LogP contribution is 2.28. The smallest absolute Gasteiger partial charge is 0.211 e. The summed E-state index contributed by atoms with van der Waals surface area (Å²) in [4.78, 5) is 3.99. The molecule has 2 rings (SSSR count). The van der Waals surface area contributed by atoms with Gasteiger partial charge in [0, 0.05) is 20.1 Å². The van der Waals surface area contributed by atoms with Crippen LogP contribution >= 0.6 is 0 Å². The van der Waals surface area contributed by atoms with Crippen LogP contribution < -0.4 is 0 Å². The number of aliphatic hydroxyl groups is 1. The van der Waals surface area contributed by atoms with Crippen LogP contribution in [0.1, 0.15) is 31.1 Å². The van der Waals surface area contributed by atoms with Crippen molar-refractivity contribution in [3.05, 3.63) is 18.2 Å². The number of aliphatic hydroxyl groups excluding tert-OH is 1. The zero-order chi connectivity index (χ0) is 14.0. The molecule has 2 unspecified atom stereocenters. The summed E-state index contributed by atoms with van der Waals surface area (Å²) in [6, 6.07) is 0. The number of sulfonamides is 1. The second-order valence-electron chi connectivity index (χ2n) is 5.31. The highest BCUT2D eigenvalue weighted by Gasteiger charge is 2.28. The lowest BCUT2D eigenvalue weighted by Crippen LogP contribution is -2.39. The monoisotopic (exact) mass is 287 g/mol. The first-order chi connectivity index (χ1) is 8.88. The van der Waals surface area contributed by atoms with Crippen molar-refractivity contribution in [3.63, 3.8) is 0 Å². The van der Waals surface area contributed by atoms with Crippen molar-refractivity contribution in [3.8, 4) is 0 Å². The van der Waals surface area contributed by atoms with Gasteiger partial charge in [0.05, 0.1) is 30.6 Å². The Morgan fingerprint density at radius 2 is 2.32 bits per heavy atom. The van der Waals surface area contributed by atoms with E-state index < -0.39 is 16.1 Å². The average Bonchev–Trinajstić information content (AvgIpc) is 2.75. The van der Waals surface area contributed by atoms with Crippen molar-refractivity contribution in [2.45, 2.75) is 25.4 Å². The van der Waals surface area contributed by atoms with Gasteiger partial charge in [0.2, 0.25) is 10.0 Å². The Morgan fingerprint density at radius 1 is 1.58 bits per heavy atom. The van der Waals surface area contributed by atoms with Crippen LogP contribution in [0.25, 0.3) is 0 Å². The zero-order valence-corrected chi connectivity index (χ0v) is 12.2. The minimum Gasteiger partial charge on any atom is -0.387 e. The van der Waals surface area contributed by atoms with Crippen molar-refractivity contribution in [2.24, 2.45) is 13.0 Å². The van der Waals surface area contributed by atoms with Gasteiger partial charge in [-0.15, -0.1) is 0 Å². The predicted molar refractivity (Wildman–Crippen MR) is 71.9 cm³/mol. The number of aromatic nitrogens is 2. The second-order valence-corrected chi connectivity index (χ2v) is 7.29. The molecule has 2 heterocycles. The normalized spacial score (nSPS) is 23.4. The summed E-state index contributed by atoms with van der Waals surface area (Å²) in [6.07, 6.45) is 6.36. The zero-order valence-electron chi connectivity index (χ0n) is 11.4. The average molecular weight is 287 g/mol. The van der Waals surface area contributed by atoms with Gasteiger partial charge in [0.15, 0.2) is 0 Å². The Balaban J connectivity index is 1.98. The van der Waals surface area contributed by atoms with Crippen molar-refractivity contribution in [1.29, 1.82) is 0 Å².